The van der Waals surface area contributed by atoms with E-state index in [1.807, 2.05) is 43.6 Å². The molecule has 0 unspecified atom stereocenters. The van der Waals surface area contributed by atoms with Crippen LogP contribution in [0.1, 0.15) is 19.2 Å². The van der Waals surface area contributed by atoms with E-state index in [1.54, 1.807) is 24.9 Å². The maximum absolute atomic E-state index is 12.0. The van der Waals surface area contributed by atoms with Gasteiger partial charge in [-0.2, -0.15) is 0 Å². The number of nitrogens with zero attached hydrogens (tertiary/aromatic N) is 2. The standard InChI is InChI=1S/C17H23N3O2S/c1-13(22-15-5-7-16(23-3)8-6-15)17(21)19-9-4-11-20-12-10-18-14(20)2/h5-8,10,12-13H,4,9,11H2,1-3H3,(H,19,21)/t13-/m1/s1. The van der Waals surface area contributed by atoms with Gasteiger partial charge in [0.1, 0.15) is 11.6 Å². The van der Waals surface area contributed by atoms with Crippen LogP contribution in [0.15, 0.2) is 41.6 Å². The van der Waals surface area contributed by atoms with E-state index >= 15 is 0 Å². The number of benzene rings is 1. The number of aryl methyl sites for hydroxylation is 2. The van der Waals surface area contributed by atoms with E-state index in [2.05, 4.69) is 14.9 Å². The van der Waals surface area contributed by atoms with Crippen LogP contribution in [0, 0.1) is 6.92 Å². The molecule has 1 aromatic carbocycles. The van der Waals surface area contributed by atoms with Gasteiger partial charge in [0.05, 0.1) is 0 Å². The summed E-state index contributed by atoms with van der Waals surface area (Å²) in [6, 6.07) is 7.74. The Morgan fingerprint density at radius 3 is 2.74 bits per heavy atom. The number of hydrogen-bond acceptors (Lipinski definition) is 4. The van der Waals surface area contributed by atoms with Crippen molar-refractivity contribution in [3.63, 3.8) is 0 Å². The van der Waals surface area contributed by atoms with Gasteiger partial charge in [0.25, 0.3) is 5.91 Å². The Morgan fingerprint density at radius 2 is 2.13 bits per heavy atom. The molecule has 23 heavy (non-hydrogen) atoms. The zero-order valence-electron chi connectivity index (χ0n) is 13.8. The van der Waals surface area contributed by atoms with Gasteiger partial charge in [-0.15, -0.1) is 11.8 Å². The van der Waals surface area contributed by atoms with Crippen LogP contribution in [0.3, 0.4) is 0 Å². The number of nitrogens with one attached hydrogen (secondary N) is 1. The van der Waals surface area contributed by atoms with Crippen molar-refractivity contribution in [1.82, 2.24) is 14.9 Å². The molecule has 0 saturated carbocycles. The molecule has 0 aliphatic rings. The van der Waals surface area contributed by atoms with E-state index in [0.717, 1.165) is 18.8 Å². The van der Waals surface area contributed by atoms with Crippen molar-refractivity contribution < 1.29 is 9.53 Å². The molecule has 1 aromatic heterocycles. The molecular weight excluding hydrogens is 310 g/mol. The summed E-state index contributed by atoms with van der Waals surface area (Å²) in [5.74, 6) is 1.60. The Labute approximate surface area is 141 Å². The van der Waals surface area contributed by atoms with Crippen LogP contribution in [0.2, 0.25) is 0 Å². The third-order valence-corrected chi connectivity index (χ3v) is 4.28. The zero-order valence-corrected chi connectivity index (χ0v) is 14.6. The summed E-state index contributed by atoms with van der Waals surface area (Å²) in [6.45, 7) is 5.20. The van der Waals surface area contributed by atoms with Gasteiger partial charge in [-0.05, 0) is 50.8 Å². The highest BCUT2D eigenvalue weighted by Crippen LogP contribution is 2.19. The number of rotatable bonds is 8. The molecule has 0 radical (unpaired) electrons. The average molecular weight is 333 g/mol. The summed E-state index contributed by atoms with van der Waals surface area (Å²) >= 11 is 1.67. The lowest BCUT2D eigenvalue weighted by Crippen LogP contribution is -2.37. The SMILES string of the molecule is CSc1ccc(O[C@H](C)C(=O)NCCCn2ccnc2C)cc1. The first-order valence-electron chi connectivity index (χ1n) is 7.66. The normalized spacial score (nSPS) is 12.0. The molecule has 0 fully saturated rings. The van der Waals surface area contributed by atoms with E-state index in [1.165, 1.54) is 4.90 Å². The number of ether oxygens (including phenoxy) is 1. The predicted octanol–water partition coefficient (Wildman–Crippen LogP) is 2.89. The number of thioether (sulfide) groups is 1. The second kappa shape index (κ2) is 8.62. The molecule has 1 N–H and O–H groups in total. The number of aromatic nitrogens is 2. The van der Waals surface area contributed by atoms with Gasteiger partial charge < -0.3 is 14.6 Å². The van der Waals surface area contributed by atoms with E-state index < -0.39 is 6.10 Å². The molecule has 1 atom stereocenters. The van der Waals surface area contributed by atoms with Crippen LogP contribution in [-0.4, -0.2) is 34.4 Å². The molecule has 1 heterocycles. The number of imidazole rings is 1. The Kier molecular flexibility index (Phi) is 6.52. The van der Waals surface area contributed by atoms with E-state index in [9.17, 15) is 4.79 Å². The fourth-order valence-electron chi connectivity index (χ4n) is 2.16. The Balaban J connectivity index is 1.70. The predicted molar refractivity (Wildman–Crippen MR) is 92.9 cm³/mol. The molecule has 0 saturated heterocycles. The van der Waals surface area contributed by atoms with E-state index in [4.69, 9.17) is 4.74 Å². The van der Waals surface area contributed by atoms with Gasteiger partial charge in [-0.25, -0.2) is 4.98 Å². The Bertz CT molecular complexity index is 625. The number of amides is 1. The quantitative estimate of drug-likeness (QED) is 0.596. The van der Waals surface area contributed by atoms with Crippen molar-refractivity contribution in [3.8, 4) is 5.75 Å². The first kappa shape index (κ1) is 17.4. The molecule has 124 valence electrons. The summed E-state index contributed by atoms with van der Waals surface area (Å²) < 4.78 is 7.73. The summed E-state index contributed by atoms with van der Waals surface area (Å²) in [5.41, 5.74) is 0. The lowest BCUT2D eigenvalue weighted by Gasteiger charge is -2.15. The first-order valence-corrected chi connectivity index (χ1v) is 8.89. The third kappa shape index (κ3) is 5.32. The van der Waals surface area contributed by atoms with Crippen LogP contribution >= 0.6 is 11.8 Å². The lowest BCUT2D eigenvalue weighted by atomic mass is 10.3. The second-order valence-electron chi connectivity index (χ2n) is 5.25. The van der Waals surface area contributed by atoms with Crippen molar-refractivity contribution in [3.05, 3.63) is 42.5 Å². The van der Waals surface area contributed by atoms with E-state index in [-0.39, 0.29) is 5.91 Å². The van der Waals surface area contributed by atoms with Gasteiger partial charge in [-0.1, -0.05) is 0 Å². The van der Waals surface area contributed by atoms with E-state index in [0.29, 0.717) is 12.3 Å². The maximum atomic E-state index is 12.0. The minimum atomic E-state index is -0.509. The molecule has 2 rings (SSSR count). The van der Waals surface area contributed by atoms with Crippen LogP contribution < -0.4 is 10.1 Å². The minimum Gasteiger partial charge on any atom is -0.481 e. The van der Waals surface area contributed by atoms with Crippen molar-refractivity contribution in [2.45, 2.75) is 37.8 Å². The molecule has 2 aromatic rings. The van der Waals surface area contributed by atoms with Crippen molar-refractivity contribution in [1.29, 1.82) is 0 Å². The highest BCUT2D eigenvalue weighted by atomic mass is 32.2. The molecular formula is C17H23N3O2S. The van der Waals surface area contributed by atoms with Gasteiger partial charge in [0, 0.05) is 30.4 Å². The van der Waals surface area contributed by atoms with Crippen molar-refractivity contribution in [2.75, 3.05) is 12.8 Å². The Morgan fingerprint density at radius 1 is 1.39 bits per heavy atom. The Hall–Kier alpha value is -1.95. The molecule has 0 aliphatic carbocycles. The molecule has 0 bridgehead atoms. The third-order valence-electron chi connectivity index (χ3n) is 3.54. The summed E-state index contributed by atoms with van der Waals surface area (Å²) in [6.07, 6.45) is 6.10. The summed E-state index contributed by atoms with van der Waals surface area (Å²) in [5, 5.41) is 2.91. The van der Waals surface area contributed by atoms with Crippen LogP contribution in [-0.2, 0) is 11.3 Å². The topological polar surface area (TPSA) is 56.1 Å². The fraction of sp³-hybridized carbons (Fsp3) is 0.412. The van der Waals surface area contributed by atoms with Crippen molar-refractivity contribution in [2.24, 2.45) is 0 Å². The van der Waals surface area contributed by atoms with Crippen LogP contribution in [0.5, 0.6) is 5.75 Å². The number of carbonyl (C=O) groups is 1. The highest BCUT2D eigenvalue weighted by Gasteiger charge is 2.13. The van der Waals surface area contributed by atoms with Gasteiger partial charge >= 0.3 is 0 Å². The molecule has 0 aliphatic heterocycles. The summed E-state index contributed by atoms with van der Waals surface area (Å²) in [7, 11) is 0. The van der Waals surface area contributed by atoms with Gasteiger partial charge in [0.2, 0.25) is 0 Å². The van der Waals surface area contributed by atoms with Gasteiger partial charge in [0.15, 0.2) is 6.10 Å². The fourth-order valence-corrected chi connectivity index (χ4v) is 2.56. The first-order chi connectivity index (χ1) is 11.1. The summed E-state index contributed by atoms with van der Waals surface area (Å²) in [4.78, 5) is 17.4. The average Bonchev–Trinajstić information content (AvgIpc) is 2.97. The monoisotopic (exact) mass is 333 g/mol. The lowest BCUT2D eigenvalue weighted by molar-refractivity contribution is -0.127. The van der Waals surface area contributed by atoms with Crippen molar-refractivity contribution >= 4 is 17.7 Å². The number of hydrogen-bond donors (Lipinski definition) is 1. The molecule has 0 spiro atoms. The molecule has 6 heteroatoms. The highest BCUT2D eigenvalue weighted by molar-refractivity contribution is 7.98. The largest absolute Gasteiger partial charge is 0.481 e. The molecule has 1 amide bonds. The number of carbonyl (C=O) groups excluding carboxylic acids is 1. The maximum Gasteiger partial charge on any atom is 0.260 e. The minimum absolute atomic E-state index is 0.0960. The van der Waals surface area contributed by atoms with Crippen LogP contribution in [0.25, 0.3) is 0 Å². The smallest absolute Gasteiger partial charge is 0.260 e. The second-order valence-corrected chi connectivity index (χ2v) is 6.13. The van der Waals surface area contributed by atoms with Crippen LogP contribution in [0.4, 0.5) is 0 Å². The van der Waals surface area contributed by atoms with Gasteiger partial charge in [-0.3, -0.25) is 4.79 Å². The zero-order chi connectivity index (χ0) is 16.7. The molecule has 5 nitrogen and oxygen atoms in total.